The molecule has 1 heterocycles. The van der Waals surface area contributed by atoms with Crippen LogP contribution in [0.4, 0.5) is 11.5 Å². The molecule has 0 spiro atoms. The van der Waals surface area contributed by atoms with Crippen LogP contribution in [0.15, 0.2) is 28.7 Å². The Hall–Kier alpha value is -1.69. The number of aromatic nitrogens is 1. The minimum atomic E-state index is -0.543. The Morgan fingerprint density at radius 2 is 2.07 bits per heavy atom. The molecule has 6 heteroatoms. The highest BCUT2D eigenvalue weighted by Gasteiger charge is 2.20. The van der Waals surface area contributed by atoms with Gasteiger partial charge < -0.3 is 5.73 Å². The summed E-state index contributed by atoms with van der Waals surface area (Å²) >= 11 is 3.17. The number of nitro groups is 1. The van der Waals surface area contributed by atoms with E-state index in [0.717, 1.165) is 0 Å². The molecule has 0 fully saturated rings. The van der Waals surface area contributed by atoms with Crippen LogP contribution in [-0.4, -0.2) is 9.91 Å². The van der Waals surface area contributed by atoms with E-state index >= 15 is 0 Å². The average molecular weight is 268 g/mol. The summed E-state index contributed by atoms with van der Waals surface area (Å²) in [6.45, 7) is 0. The van der Waals surface area contributed by atoms with E-state index in [4.69, 9.17) is 5.73 Å². The van der Waals surface area contributed by atoms with E-state index in [1.54, 1.807) is 24.3 Å². The van der Waals surface area contributed by atoms with Gasteiger partial charge in [-0.05, 0) is 22.0 Å². The van der Waals surface area contributed by atoms with Crippen LogP contribution in [0.1, 0.15) is 0 Å². The van der Waals surface area contributed by atoms with Crippen LogP contribution in [0.3, 0.4) is 0 Å². The van der Waals surface area contributed by atoms with Crippen LogP contribution in [0.2, 0.25) is 0 Å². The van der Waals surface area contributed by atoms with Gasteiger partial charge in [-0.2, -0.15) is 0 Å². The number of halogens is 1. The Morgan fingerprint density at radius 3 is 2.73 bits per heavy atom. The number of rotatable bonds is 1. The molecule has 15 heavy (non-hydrogen) atoms. The van der Waals surface area contributed by atoms with Crippen LogP contribution >= 0.6 is 15.9 Å². The largest absolute Gasteiger partial charge is 0.378 e. The number of nitrogens with two attached hydrogens (primary N) is 1. The molecular weight excluding hydrogens is 262 g/mol. The van der Waals surface area contributed by atoms with Crippen molar-refractivity contribution in [2.75, 3.05) is 5.73 Å². The minimum Gasteiger partial charge on any atom is -0.378 e. The van der Waals surface area contributed by atoms with Crippen molar-refractivity contribution in [3.8, 4) is 0 Å². The van der Waals surface area contributed by atoms with E-state index in [1.807, 2.05) is 0 Å². The van der Waals surface area contributed by atoms with Crippen LogP contribution in [-0.2, 0) is 0 Å². The zero-order chi connectivity index (χ0) is 11.0. The summed E-state index contributed by atoms with van der Waals surface area (Å²) < 4.78 is 0.371. The van der Waals surface area contributed by atoms with Crippen molar-refractivity contribution in [1.82, 2.24) is 4.98 Å². The summed E-state index contributed by atoms with van der Waals surface area (Å²) in [7, 11) is 0. The molecule has 2 aromatic rings. The lowest BCUT2D eigenvalue weighted by atomic mass is 10.2. The third kappa shape index (κ3) is 1.52. The van der Waals surface area contributed by atoms with E-state index in [9.17, 15) is 10.1 Å². The Morgan fingerprint density at radius 1 is 1.40 bits per heavy atom. The molecule has 2 rings (SSSR count). The van der Waals surface area contributed by atoms with Gasteiger partial charge in [0.05, 0.1) is 10.4 Å². The van der Waals surface area contributed by atoms with Gasteiger partial charge in [-0.3, -0.25) is 10.1 Å². The van der Waals surface area contributed by atoms with Gasteiger partial charge in [0.15, 0.2) is 0 Å². The van der Waals surface area contributed by atoms with Gasteiger partial charge in [0.25, 0.3) is 0 Å². The molecule has 2 N–H and O–H groups in total. The Bertz CT molecular complexity index is 556. The molecule has 0 saturated carbocycles. The summed E-state index contributed by atoms with van der Waals surface area (Å²) in [4.78, 5) is 14.2. The molecule has 0 amide bonds. The summed E-state index contributed by atoms with van der Waals surface area (Å²) in [5.74, 6) is -0.0782. The normalized spacial score (nSPS) is 10.5. The van der Waals surface area contributed by atoms with Crippen LogP contribution in [0.5, 0.6) is 0 Å². The second-order valence-electron chi connectivity index (χ2n) is 2.93. The fraction of sp³-hybridized carbons (Fsp3) is 0. The molecule has 1 aromatic carbocycles. The third-order valence-electron chi connectivity index (χ3n) is 2.01. The van der Waals surface area contributed by atoms with E-state index in [2.05, 4.69) is 20.9 Å². The van der Waals surface area contributed by atoms with Gasteiger partial charge >= 0.3 is 5.69 Å². The van der Waals surface area contributed by atoms with Crippen LogP contribution in [0.25, 0.3) is 10.9 Å². The van der Waals surface area contributed by atoms with E-state index < -0.39 is 4.92 Å². The number of benzene rings is 1. The number of nitrogens with zero attached hydrogens (tertiary/aromatic N) is 2. The molecule has 0 radical (unpaired) electrons. The summed E-state index contributed by atoms with van der Waals surface area (Å²) in [5.41, 5.74) is 5.95. The molecule has 0 bridgehead atoms. The van der Waals surface area contributed by atoms with Crippen LogP contribution < -0.4 is 5.73 Å². The maximum atomic E-state index is 10.7. The Labute approximate surface area is 93.2 Å². The van der Waals surface area contributed by atoms with Crippen LogP contribution in [0, 0.1) is 10.1 Å². The van der Waals surface area contributed by atoms with E-state index in [-0.39, 0.29) is 11.5 Å². The van der Waals surface area contributed by atoms with Crippen molar-refractivity contribution in [3.05, 3.63) is 38.9 Å². The molecule has 0 atom stereocenters. The first-order valence-electron chi connectivity index (χ1n) is 4.09. The second-order valence-corrected chi connectivity index (χ2v) is 3.73. The maximum absolute atomic E-state index is 10.7. The Balaban J connectivity index is 2.90. The highest BCUT2D eigenvalue weighted by Crippen LogP contribution is 2.35. The minimum absolute atomic E-state index is 0.0782. The quantitative estimate of drug-likeness (QED) is 0.636. The van der Waals surface area contributed by atoms with Gasteiger partial charge in [-0.15, -0.1) is 0 Å². The molecule has 0 aliphatic carbocycles. The fourth-order valence-corrected chi connectivity index (χ4v) is 2.04. The lowest BCUT2D eigenvalue weighted by Crippen LogP contribution is -2.00. The third-order valence-corrected chi connectivity index (χ3v) is 2.82. The lowest BCUT2D eigenvalue weighted by molar-refractivity contribution is -0.384. The van der Waals surface area contributed by atoms with Gasteiger partial charge in [0.1, 0.15) is 4.47 Å². The SMILES string of the molecule is Nc1nc2ccccc2c(Br)c1[N+](=O)[O-]. The number of pyridine rings is 1. The highest BCUT2D eigenvalue weighted by atomic mass is 79.9. The number of hydrogen-bond acceptors (Lipinski definition) is 4. The smallest absolute Gasteiger partial charge is 0.325 e. The molecular formula is C9H6BrN3O2. The lowest BCUT2D eigenvalue weighted by Gasteiger charge is -2.03. The monoisotopic (exact) mass is 267 g/mol. The van der Waals surface area contributed by atoms with Gasteiger partial charge in [0.2, 0.25) is 5.82 Å². The summed E-state index contributed by atoms with van der Waals surface area (Å²) in [6.07, 6.45) is 0. The molecule has 1 aromatic heterocycles. The zero-order valence-electron chi connectivity index (χ0n) is 7.48. The standard InChI is InChI=1S/C9H6BrN3O2/c10-7-5-3-1-2-4-6(5)12-9(11)8(7)13(14)15/h1-4H,(H2,11,12). The van der Waals surface area contributed by atoms with Gasteiger partial charge in [-0.25, -0.2) is 4.98 Å². The first kappa shape index (κ1) is 9.85. The van der Waals surface area contributed by atoms with Crippen molar-refractivity contribution < 1.29 is 4.92 Å². The molecule has 0 unspecified atom stereocenters. The maximum Gasteiger partial charge on any atom is 0.325 e. The van der Waals surface area contributed by atoms with E-state index in [1.165, 1.54) is 0 Å². The fourth-order valence-electron chi connectivity index (χ4n) is 1.35. The number of fused-ring (bicyclic) bond motifs is 1. The topological polar surface area (TPSA) is 82.0 Å². The predicted molar refractivity (Wildman–Crippen MR) is 60.5 cm³/mol. The molecule has 0 aliphatic rings. The average Bonchev–Trinajstić information content (AvgIpc) is 2.17. The molecule has 0 saturated heterocycles. The van der Waals surface area contributed by atoms with Crippen molar-refractivity contribution >= 4 is 38.3 Å². The summed E-state index contributed by atoms with van der Waals surface area (Å²) in [6, 6.07) is 7.08. The molecule has 0 aliphatic heterocycles. The van der Waals surface area contributed by atoms with Crippen molar-refractivity contribution in [3.63, 3.8) is 0 Å². The van der Waals surface area contributed by atoms with Crippen molar-refractivity contribution in [1.29, 1.82) is 0 Å². The van der Waals surface area contributed by atoms with Gasteiger partial charge in [0, 0.05) is 5.39 Å². The second kappa shape index (κ2) is 3.47. The predicted octanol–water partition coefficient (Wildman–Crippen LogP) is 2.49. The molecule has 76 valence electrons. The number of anilines is 1. The van der Waals surface area contributed by atoms with Gasteiger partial charge in [-0.1, -0.05) is 18.2 Å². The van der Waals surface area contributed by atoms with Crippen molar-refractivity contribution in [2.24, 2.45) is 0 Å². The number of hydrogen-bond donors (Lipinski definition) is 1. The molecule has 5 nitrogen and oxygen atoms in total. The Kier molecular flexibility index (Phi) is 2.28. The van der Waals surface area contributed by atoms with Crippen molar-refractivity contribution in [2.45, 2.75) is 0 Å². The highest BCUT2D eigenvalue weighted by molar-refractivity contribution is 9.10. The van der Waals surface area contributed by atoms with E-state index in [0.29, 0.717) is 15.4 Å². The zero-order valence-corrected chi connectivity index (χ0v) is 9.06. The summed E-state index contributed by atoms with van der Waals surface area (Å²) in [5, 5.41) is 11.4. The first-order valence-corrected chi connectivity index (χ1v) is 4.88. The number of nitrogen functional groups attached to an aromatic ring is 1. The first-order chi connectivity index (χ1) is 7.11. The number of para-hydroxylation sites is 1.